The fraction of sp³-hybridized carbons (Fsp3) is 0.250. The van der Waals surface area contributed by atoms with Crippen molar-refractivity contribution in [3.63, 3.8) is 0 Å². The van der Waals surface area contributed by atoms with Crippen LogP contribution in [0.5, 0.6) is 0 Å². The molecule has 0 amide bonds. The first-order valence-electron chi connectivity index (χ1n) is 6.02. The molecule has 1 unspecified atom stereocenters. The second-order valence-electron chi connectivity index (χ2n) is 4.66. The highest BCUT2D eigenvalue weighted by molar-refractivity contribution is 6.21. The van der Waals surface area contributed by atoms with E-state index in [0.29, 0.717) is 0 Å². The first-order valence-corrected chi connectivity index (χ1v) is 6.45. The minimum atomic E-state index is -0.212. The number of benzene rings is 2. The zero-order valence-electron chi connectivity index (χ0n) is 10.6. The second-order valence-corrected chi connectivity index (χ2v) is 5.19. The van der Waals surface area contributed by atoms with E-state index in [1.165, 1.54) is 23.3 Å². The highest BCUT2D eigenvalue weighted by Crippen LogP contribution is 2.28. The summed E-state index contributed by atoms with van der Waals surface area (Å²) < 4.78 is 13.0. The molecule has 0 aliphatic rings. The van der Waals surface area contributed by atoms with Gasteiger partial charge in [-0.05, 0) is 49.1 Å². The molecule has 2 rings (SSSR count). The van der Waals surface area contributed by atoms with Gasteiger partial charge in [0.1, 0.15) is 5.82 Å². The lowest BCUT2D eigenvalue weighted by molar-refractivity contribution is 0.625. The van der Waals surface area contributed by atoms with Crippen molar-refractivity contribution in [3.8, 4) is 0 Å². The van der Waals surface area contributed by atoms with Crippen molar-refractivity contribution < 1.29 is 4.39 Å². The number of alkyl halides is 1. The van der Waals surface area contributed by atoms with Gasteiger partial charge in [-0.15, -0.1) is 11.6 Å². The second kappa shape index (κ2) is 5.53. The molecule has 0 aliphatic carbocycles. The third kappa shape index (κ3) is 3.11. The topological polar surface area (TPSA) is 0 Å². The van der Waals surface area contributed by atoms with Gasteiger partial charge in [-0.2, -0.15) is 0 Å². The molecule has 0 nitrogen and oxygen atoms in total. The molecule has 2 heteroatoms. The van der Waals surface area contributed by atoms with Crippen LogP contribution in [0.1, 0.15) is 27.6 Å². The number of rotatable bonds is 3. The van der Waals surface area contributed by atoms with Crippen molar-refractivity contribution in [1.29, 1.82) is 0 Å². The molecule has 0 fully saturated rings. The van der Waals surface area contributed by atoms with Gasteiger partial charge in [0.05, 0.1) is 5.38 Å². The van der Waals surface area contributed by atoms with Crippen LogP contribution in [0.25, 0.3) is 0 Å². The van der Waals surface area contributed by atoms with Gasteiger partial charge in [-0.25, -0.2) is 4.39 Å². The minimum absolute atomic E-state index is 0.118. The molecule has 18 heavy (non-hydrogen) atoms. The Morgan fingerprint density at radius 2 is 1.89 bits per heavy atom. The van der Waals surface area contributed by atoms with Crippen LogP contribution in [0.3, 0.4) is 0 Å². The lowest BCUT2D eigenvalue weighted by Gasteiger charge is -2.13. The summed E-state index contributed by atoms with van der Waals surface area (Å²) in [6, 6.07) is 13.1. The quantitative estimate of drug-likeness (QED) is 0.686. The molecule has 0 aliphatic heterocycles. The Bertz CT molecular complexity index is 549. The number of aryl methyl sites for hydroxylation is 2. The third-order valence-electron chi connectivity index (χ3n) is 3.07. The maximum Gasteiger partial charge on any atom is 0.123 e. The van der Waals surface area contributed by atoms with E-state index in [1.54, 1.807) is 6.07 Å². The van der Waals surface area contributed by atoms with E-state index < -0.39 is 0 Å². The maximum atomic E-state index is 13.0. The Balaban J connectivity index is 2.19. The van der Waals surface area contributed by atoms with Crippen molar-refractivity contribution in [2.75, 3.05) is 0 Å². The number of halogens is 2. The van der Waals surface area contributed by atoms with Crippen LogP contribution in [0.2, 0.25) is 0 Å². The molecule has 0 saturated heterocycles. The lowest BCUT2D eigenvalue weighted by Crippen LogP contribution is -1.99. The molecule has 0 heterocycles. The normalized spacial score (nSPS) is 12.4. The van der Waals surface area contributed by atoms with E-state index in [4.69, 9.17) is 11.6 Å². The molecule has 0 aromatic heterocycles. The van der Waals surface area contributed by atoms with E-state index >= 15 is 0 Å². The van der Waals surface area contributed by atoms with Gasteiger partial charge in [0, 0.05) is 0 Å². The van der Waals surface area contributed by atoms with Gasteiger partial charge in [0.25, 0.3) is 0 Å². The summed E-state index contributed by atoms with van der Waals surface area (Å²) in [6.45, 7) is 3.96. The smallest absolute Gasteiger partial charge is 0.123 e. The fourth-order valence-electron chi connectivity index (χ4n) is 2.15. The van der Waals surface area contributed by atoms with Crippen molar-refractivity contribution in [1.82, 2.24) is 0 Å². The van der Waals surface area contributed by atoms with Crippen molar-refractivity contribution >= 4 is 11.6 Å². The maximum absolute atomic E-state index is 13.0. The first-order chi connectivity index (χ1) is 8.56. The Morgan fingerprint density at radius 1 is 1.11 bits per heavy atom. The fourth-order valence-corrected chi connectivity index (χ4v) is 2.57. The van der Waals surface area contributed by atoms with Crippen LogP contribution in [-0.4, -0.2) is 0 Å². The first kappa shape index (κ1) is 13.1. The van der Waals surface area contributed by atoms with Gasteiger partial charge in [0.2, 0.25) is 0 Å². The van der Waals surface area contributed by atoms with E-state index in [-0.39, 0.29) is 11.2 Å². The Hall–Kier alpha value is -1.34. The highest BCUT2D eigenvalue weighted by atomic mass is 35.5. The Kier molecular flexibility index (Phi) is 4.03. The summed E-state index contributed by atoms with van der Waals surface area (Å²) in [6.07, 6.45) is 0.760. The van der Waals surface area contributed by atoms with Crippen molar-refractivity contribution in [2.24, 2.45) is 0 Å². The monoisotopic (exact) mass is 262 g/mol. The molecule has 2 aromatic rings. The molecule has 1 atom stereocenters. The zero-order valence-corrected chi connectivity index (χ0v) is 11.3. The Labute approximate surface area is 112 Å². The van der Waals surface area contributed by atoms with Crippen LogP contribution in [0, 0.1) is 19.7 Å². The molecule has 0 saturated carbocycles. The molecular weight excluding hydrogens is 247 g/mol. The molecule has 2 aromatic carbocycles. The average Bonchev–Trinajstić information content (AvgIpc) is 2.28. The molecule has 0 spiro atoms. The SMILES string of the molecule is Cc1cccc(CC(Cl)c2ccc(F)cc2C)c1. The summed E-state index contributed by atoms with van der Waals surface area (Å²) in [5, 5.41) is -0.118. The van der Waals surface area contributed by atoms with Crippen molar-refractivity contribution in [3.05, 3.63) is 70.5 Å². The third-order valence-corrected chi connectivity index (χ3v) is 3.46. The summed E-state index contributed by atoms with van der Waals surface area (Å²) in [5.41, 5.74) is 4.34. The van der Waals surface area contributed by atoms with E-state index in [2.05, 4.69) is 25.1 Å². The summed E-state index contributed by atoms with van der Waals surface area (Å²) >= 11 is 6.43. The van der Waals surface area contributed by atoms with Gasteiger partial charge < -0.3 is 0 Å². The molecule has 0 bridgehead atoms. The summed E-state index contributed by atoms with van der Waals surface area (Å²) in [5.74, 6) is -0.212. The number of hydrogen-bond acceptors (Lipinski definition) is 0. The molecule has 94 valence electrons. The van der Waals surface area contributed by atoms with Crippen molar-refractivity contribution in [2.45, 2.75) is 25.6 Å². The molecule has 0 N–H and O–H groups in total. The minimum Gasteiger partial charge on any atom is -0.207 e. The van der Waals surface area contributed by atoms with Crippen LogP contribution >= 0.6 is 11.6 Å². The van der Waals surface area contributed by atoms with Gasteiger partial charge >= 0.3 is 0 Å². The van der Waals surface area contributed by atoms with Crippen LogP contribution in [0.4, 0.5) is 4.39 Å². The standard InChI is InChI=1S/C16H16ClF/c1-11-4-3-5-13(8-11)10-16(17)15-7-6-14(18)9-12(15)2/h3-9,16H,10H2,1-2H3. The predicted octanol–water partition coefficient (Wildman–Crippen LogP) is 4.97. The van der Waals surface area contributed by atoms with Crippen LogP contribution in [0.15, 0.2) is 42.5 Å². The average molecular weight is 263 g/mol. The van der Waals surface area contributed by atoms with E-state index in [1.807, 2.05) is 13.0 Å². The molecular formula is C16H16ClF. The summed E-state index contributed by atoms with van der Waals surface area (Å²) in [4.78, 5) is 0. The predicted molar refractivity (Wildman–Crippen MR) is 74.6 cm³/mol. The van der Waals surface area contributed by atoms with Gasteiger partial charge in [0.15, 0.2) is 0 Å². The molecule has 0 radical (unpaired) electrons. The van der Waals surface area contributed by atoms with Crippen LogP contribution in [-0.2, 0) is 6.42 Å². The largest absolute Gasteiger partial charge is 0.207 e. The highest BCUT2D eigenvalue weighted by Gasteiger charge is 2.12. The van der Waals surface area contributed by atoms with E-state index in [0.717, 1.165) is 17.5 Å². The van der Waals surface area contributed by atoms with Crippen LogP contribution < -0.4 is 0 Å². The van der Waals surface area contributed by atoms with E-state index in [9.17, 15) is 4.39 Å². The van der Waals surface area contributed by atoms with Gasteiger partial charge in [-0.1, -0.05) is 35.9 Å². The lowest BCUT2D eigenvalue weighted by atomic mass is 9.99. The Morgan fingerprint density at radius 3 is 2.56 bits per heavy atom. The summed E-state index contributed by atoms with van der Waals surface area (Å²) in [7, 11) is 0. The van der Waals surface area contributed by atoms with Gasteiger partial charge in [-0.3, -0.25) is 0 Å². The number of hydrogen-bond donors (Lipinski definition) is 0. The zero-order chi connectivity index (χ0) is 13.1.